The first-order valence-electron chi connectivity index (χ1n) is 6.90. The van der Waals surface area contributed by atoms with Gasteiger partial charge in [0.15, 0.2) is 0 Å². The van der Waals surface area contributed by atoms with E-state index >= 15 is 0 Å². The van der Waals surface area contributed by atoms with Gasteiger partial charge in [0.1, 0.15) is 11.7 Å². The Bertz CT molecular complexity index is 851. The number of hydrogen-bond acceptors (Lipinski definition) is 2. The second-order valence-corrected chi connectivity index (χ2v) is 9.30. The minimum atomic E-state index is -10.7. The van der Waals surface area contributed by atoms with Crippen LogP contribution >= 0.6 is 30.9 Å². The van der Waals surface area contributed by atoms with Gasteiger partial charge in [-0.15, -0.1) is 0 Å². The van der Waals surface area contributed by atoms with E-state index in [2.05, 4.69) is 66.2 Å². The zero-order chi connectivity index (χ0) is 18.8. The number of thiazole rings is 1. The van der Waals surface area contributed by atoms with Crippen LogP contribution < -0.4 is 4.57 Å². The van der Waals surface area contributed by atoms with E-state index in [9.17, 15) is 25.2 Å². The third kappa shape index (κ3) is 8.07. The van der Waals surface area contributed by atoms with Crippen LogP contribution in [-0.4, -0.2) is 0 Å². The summed E-state index contributed by atoms with van der Waals surface area (Å²) in [6, 6.07) is 19.2. The first-order chi connectivity index (χ1) is 11.3. The number of para-hydroxylation sites is 1. The SMILES string of the molecule is C[n+]1c(SCc2ccccc2)sc2ccccc21.F[P-](F)(F)(F)(F)F. The number of aromatic nitrogens is 1. The van der Waals surface area contributed by atoms with Crippen molar-refractivity contribution in [1.29, 1.82) is 0 Å². The fourth-order valence-electron chi connectivity index (χ4n) is 1.93. The van der Waals surface area contributed by atoms with E-state index in [1.165, 1.54) is 20.1 Å². The normalized spacial score (nSPS) is 14.4. The summed E-state index contributed by atoms with van der Waals surface area (Å²) in [6.45, 7) is 0. The van der Waals surface area contributed by atoms with Crippen molar-refractivity contribution in [1.82, 2.24) is 0 Å². The summed E-state index contributed by atoms with van der Waals surface area (Å²) in [5.74, 6) is 1.03. The third-order valence-electron chi connectivity index (χ3n) is 2.90. The molecule has 0 unspecified atom stereocenters. The molecule has 0 spiro atoms. The van der Waals surface area contributed by atoms with Gasteiger partial charge in [0.2, 0.25) is 5.52 Å². The molecule has 0 aliphatic carbocycles. The average Bonchev–Trinajstić information content (AvgIpc) is 2.80. The molecular formula is C15H14F6NPS2. The van der Waals surface area contributed by atoms with Crippen molar-refractivity contribution in [3.8, 4) is 0 Å². The zero-order valence-electron chi connectivity index (χ0n) is 12.9. The van der Waals surface area contributed by atoms with Crippen molar-refractivity contribution >= 4 is 41.1 Å². The Morgan fingerprint density at radius 1 is 0.880 bits per heavy atom. The molecule has 3 aromatic rings. The van der Waals surface area contributed by atoms with Crippen molar-refractivity contribution in [3.05, 3.63) is 60.2 Å². The second kappa shape index (κ2) is 6.45. The molecule has 1 heterocycles. The van der Waals surface area contributed by atoms with Crippen molar-refractivity contribution < 1.29 is 29.7 Å². The fourth-order valence-corrected chi connectivity index (χ4v) is 4.26. The van der Waals surface area contributed by atoms with Gasteiger partial charge in [-0.1, -0.05) is 53.8 Å². The van der Waals surface area contributed by atoms with Gasteiger partial charge >= 0.3 is 33.0 Å². The van der Waals surface area contributed by atoms with Crippen molar-refractivity contribution in [3.63, 3.8) is 0 Å². The first-order valence-corrected chi connectivity index (χ1v) is 10.7. The second-order valence-electron chi connectivity index (χ2n) is 5.13. The Morgan fingerprint density at radius 2 is 1.40 bits per heavy atom. The summed E-state index contributed by atoms with van der Waals surface area (Å²) < 4.78 is 64.2. The molecule has 0 aliphatic rings. The fraction of sp³-hybridized carbons (Fsp3) is 0.133. The number of thioether (sulfide) groups is 1. The number of halogens is 6. The van der Waals surface area contributed by atoms with E-state index in [1.54, 1.807) is 0 Å². The van der Waals surface area contributed by atoms with Crippen LogP contribution in [0.25, 0.3) is 10.2 Å². The van der Waals surface area contributed by atoms with Crippen LogP contribution in [0.4, 0.5) is 25.2 Å². The summed E-state index contributed by atoms with van der Waals surface area (Å²) in [7, 11) is -8.51. The van der Waals surface area contributed by atoms with Gasteiger partial charge in [-0.2, -0.15) is 4.57 Å². The van der Waals surface area contributed by atoms with E-state index in [1.807, 2.05) is 23.1 Å². The number of aryl methyl sites for hydroxylation is 1. The zero-order valence-corrected chi connectivity index (χ0v) is 15.4. The van der Waals surface area contributed by atoms with Crippen LogP contribution in [-0.2, 0) is 12.8 Å². The van der Waals surface area contributed by atoms with E-state index < -0.39 is 7.81 Å². The van der Waals surface area contributed by atoms with E-state index in [4.69, 9.17) is 0 Å². The van der Waals surface area contributed by atoms with Crippen molar-refractivity contribution in [2.45, 2.75) is 10.1 Å². The molecule has 0 bridgehead atoms. The number of rotatable bonds is 3. The Balaban J connectivity index is 0.000000277. The molecule has 0 saturated heterocycles. The molecule has 0 N–H and O–H groups in total. The predicted molar refractivity (Wildman–Crippen MR) is 92.6 cm³/mol. The molecule has 2 aromatic carbocycles. The van der Waals surface area contributed by atoms with Gasteiger partial charge in [-0.05, 0) is 23.4 Å². The Hall–Kier alpha value is -1.31. The van der Waals surface area contributed by atoms with Crippen LogP contribution in [0.1, 0.15) is 5.56 Å². The first kappa shape index (κ1) is 20.0. The van der Waals surface area contributed by atoms with Crippen molar-refractivity contribution in [2.24, 2.45) is 7.05 Å². The number of fused-ring (bicyclic) bond motifs is 1. The van der Waals surface area contributed by atoms with Crippen LogP contribution in [0.15, 0.2) is 58.9 Å². The van der Waals surface area contributed by atoms with Crippen LogP contribution in [0.3, 0.4) is 0 Å². The molecule has 3 rings (SSSR count). The standard InChI is InChI=1S/C15H14NS2.F6P/c1-16-13-9-5-6-10-14(13)18-15(16)17-11-12-7-3-2-4-8-12;1-7(2,3,4,5)6/h2-10H,11H2,1H3;/q+1;-1. The number of hydrogen-bond donors (Lipinski definition) is 0. The Morgan fingerprint density at radius 3 is 1.96 bits per heavy atom. The van der Waals surface area contributed by atoms with Gasteiger partial charge < -0.3 is 0 Å². The molecule has 138 valence electrons. The molecule has 0 atom stereocenters. The summed E-state index contributed by atoms with van der Waals surface area (Å²) >= 11 is 3.78. The third-order valence-corrected chi connectivity index (χ3v) is 5.52. The Kier molecular flexibility index (Phi) is 5.16. The van der Waals surface area contributed by atoms with Gasteiger partial charge in [0.05, 0.1) is 0 Å². The van der Waals surface area contributed by atoms with E-state index in [0.717, 1.165) is 5.75 Å². The van der Waals surface area contributed by atoms with Gasteiger partial charge in [-0.3, -0.25) is 0 Å². The molecule has 0 amide bonds. The molecule has 0 aliphatic heterocycles. The quantitative estimate of drug-likeness (QED) is 0.186. The Labute approximate surface area is 148 Å². The molecule has 1 nitrogen and oxygen atoms in total. The topological polar surface area (TPSA) is 3.88 Å². The van der Waals surface area contributed by atoms with Crippen LogP contribution in [0.5, 0.6) is 0 Å². The molecule has 25 heavy (non-hydrogen) atoms. The predicted octanol–water partition coefficient (Wildman–Crippen LogP) is 7.40. The van der Waals surface area contributed by atoms with Gasteiger partial charge in [0, 0.05) is 11.8 Å². The molecular weight excluding hydrogens is 403 g/mol. The van der Waals surface area contributed by atoms with Crippen molar-refractivity contribution in [2.75, 3.05) is 0 Å². The van der Waals surface area contributed by atoms with Crippen LogP contribution in [0, 0.1) is 0 Å². The maximum absolute atomic E-state index is 10.7. The molecule has 10 heteroatoms. The summed E-state index contributed by atoms with van der Waals surface area (Å²) in [4.78, 5) is 0. The summed E-state index contributed by atoms with van der Waals surface area (Å²) in [6.07, 6.45) is 0. The number of nitrogens with zero attached hydrogens (tertiary/aromatic N) is 1. The maximum atomic E-state index is 9.87. The van der Waals surface area contributed by atoms with E-state index in [0.29, 0.717) is 0 Å². The summed E-state index contributed by atoms with van der Waals surface area (Å²) in [5.41, 5.74) is 2.69. The molecule has 1 aromatic heterocycles. The van der Waals surface area contributed by atoms with Gasteiger partial charge in [0.25, 0.3) is 4.34 Å². The average molecular weight is 417 g/mol. The summed E-state index contributed by atoms with van der Waals surface area (Å²) in [5, 5.41) is 0. The van der Waals surface area contributed by atoms with Crippen LogP contribution in [0.2, 0.25) is 0 Å². The van der Waals surface area contributed by atoms with Gasteiger partial charge in [-0.25, -0.2) is 0 Å². The monoisotopic (exact) mass is 417 g/mol. The molecule has 0 fully saturated rings. The number of benzene rings is 2. The molecule has 0 saturated carbocycles. The van der Waals surface area contributed by atoms with E-state index in [-0.39, 0.29) is 0 Å². The minimum absolute atomic E-state index is 1.03. The molecule has 0 radical (unpaired) electrons.